The van der Waals surface area contributed by atoms with Gasteiger partial charge in [-0.1, -0.05) is 31.4 Å². The summed E-state index contributed by atoms with van der Waals surface area (Å²) in [6.45, 7) is 2.18. The van der Waals surface area contributed by atoms with Gasteiger partial charge in [0, 0.05) is 11.7 Å². The van der Waals surface area contributed by atoms with Gasteiger partial charge in [0.1, 0.15) is 0 Å². The second kappa shape index (κ2) is 5.70. The standard InChI is InChI=1S/C14H19ClN2O2/c1-8-4-2-3-5-12(8)17-13-10(14(18)19)6-9(16)7-11(13)15/h6-8,12,17H,2-5,16H2,1H3,(H,18,19). The molecule has 2 atom stereocenters. The summed E-state index contributed by atoms with van der Waals surface area (Å²) in [4.78, 5) is 11.3. The van der Waals surface area contributed by atoms with E-state index in [1.807, 2.05) is 0 Å². The molecule has 0 spiro atoms. The van der Waals surface area contributed by atoms with E-state index in [9.17, 15) is 9.90 Å². The number of carbonyl (C=O) groups is 1. The number of carboxylic acids is 1. The van der Waals surface area contributed by atoms with Crippen LogP contribution in [0.15, 0.2) is 12.1 Å². The van der Waals surface area contributed by atoms with Crippen LogP contribution in [0, 0.1) is 5.92 Å². The Hall–Kier alpha value is -1.42. The number of aromatic carboxylic acids is 1. The van der Waals surface area contributed by atoms with Gasteiger partial charge in [0.25, 0.3) is 0 Å². The molecule has 2 unspecified atom stereocenters. The van der Waals surface area contributed by atoms with Crippen LogP contribution in [0.3, 0.4) is 0 Å². The third kappa shape index (κ3) is 3.13. The summed E-state index contributed by atoms with van der Waals surface area (Å²) in [5.41, 5.74) is 6.65. The first-order valence-corrected chi connectivity index (χ1v) is 6.95. The first kappa shape index (κ1) is 14.0. The molecule has 0 aromatic heterocycles. The van der Waals surface area contributed by atoms with Gasteiger partial charge in [-0.25, -0.2) is 4.79 Å². The van der Waals surface area contributed by atoms with Gasteiger partial charge in [0.15, 0.2) is 0 Å². The molecule has 0 aliphatic heterocycles. The number of anilines is 2. The number of halogens is 1. The number of rotatable bonds is 3. The predicted molar refractivity (Wildman–Crippen MR) is 77.9 cm³/mol. The number of hydrogen-bond donors (Lipinski definition) is 3. The lowest BCUT2D eigenvalue weighted by molar-refractivity contribution is 0.0698. The Morgan fingerprint density at radius 1 is 1.42 bits per heavy atom. The molecular formula is C14H19ClN2O2. The number of benzene rings is 1. The lowest BCUT2D eigenvalue weighted by Gasteiger charge is -2.31. The van der Waals surface area contributed by atoms with Crippen molar-refractivity contribution >= 4 is 28.9 Å². The van der Waals surface area contributed by atoms with E-state index in [1.165, 1.54) is 12.5 Å². The molecule has 1 aromatic rings. The number of nitrogen functional groups attached to an aromatic ring is 1. The fraction of sp³-hybridized carbons (Fsp3) is 0.500. The lowest BCUT2D eigenvalue weighted by atomic mass is 9.85. The van der Waals surface area contributed by atoms with Crippen molar-refractivity contribution in [2.75, 3.05) is 11.1 Å². The average molecular weight is 283 g/mol. The quantitative estimate of drug-likeness (QED) is 0.740. The summed E-state index contributed by atoms with van der Waals surface area (Å²) in [6.07, 6.45) is 4.60. The highest BCUT2D eigenvalue weighted by Gasteiger charge is 2.24. The van der Waals surface area contributed by atoms with Crippen LogP contribution >= 0.6 is 11.6 Å². The predicted octanol–water partition coefficient (Wildman–Crippen LogP) is 3.61. The van der Waals surface area contributed by atoms with Crippen LogP contribution in [0.5, 0.6) is 0 Å². The minimum atomic E-state index is -1.01. The second-order valence-electron chi connectivity index (χ2n) is 5.24. The van der Waals surface area contributed by atoms with Crippen molar-refractivity contribution in [1.82, 2.24) is 0 Å². The van der Waals surface area contributed by atoms with E-state index in [0.29, 0.717) is 22.3 Å². The maximum absolute atomic E-state index is 11.3. The highest BCUT2D eigenvalue weighted by atomic mass is 35.5. The van der Waals surface area contributed by atoms with E-state index in [0.717, 1.165) is 19.3 Å². The van der Waals surface area contributed by atoms with E-state index in [-0.39, 0.29) is 11.6 Å². The summed E-state index contributed by atoms with van der Waals surface area (Å²) in [6, 6.07) is 3.31. The minimum absolute atomic E-state index is 0.141. The monoisotopic (exact) mass is 282 g/mol. The van der Waals surface area contributed by atoms with Crippen molar-refractivity contribution < 1.29 is 9.90 Å². The van der Waals surface area contributed by atoms with Crippen molar-refractivity contribution in [1.29, 1.82) is 0 Å². The Morgan fingerprint density at radius 2 is 2.11 bits per heavy atom. The van der Waals surface area contributed by atoms with Crippen LogP contribution in [0.2, 0.25) is 5.02 Å². The largest absolute Gasteiger partial charge is 0.478 e. The molecule has 0 bridgehead atoms. The van der Waals surface area contributed by atoms with Gasteiger partial charge in [-0.15, -0.1) is 0 Å². The third-order valence-electron chi connectivity index (χ3n) is 3.78. The average Bonchev–Trinajstić information content (AvgIpc) is 2.34. The molecule has 0 amide bonds. The van der Waals surface area contributed by atoms with Gasteiger partial charge < -0.3 is 16.2 Å². The Morgan fingerprint density at radius 3 is 2.74 bits per heavy atom. The topological polar surface area (TPSA) is 75.3 Å². The molecule has 1 aliphatic rings. The molecule has 2 rings (SSSR count). The summed E-state index contributed by atoms with van der Waals surface area (Å²) in [5, 5.41) is 12.9. The van der Waals surface area contributed by atoms with E-state index >= 15 is 0 Å². The molecule has 1 aliphatic carbocycles. The van der Waals surface area contributed by atoms with Crippen LogP contribution < -0.4 is 11.1 Å². The minimum Gasteiger partial charge on any atom is -0.478 e. The number of carboxylic acid groups (broad SMARTS) is 1. The van der Waals surface area contributed by atoms with Crippen LogP contribution in [-0.4, -0.2) is 17.1 Å². The molecule has 1 saturated carbocycles. The summed E-state index contributed by atoms with van der Waals surface area (Å²) in [7, 11) is 0. The Kier molecular flexibility index (Phi) is 4.20. The first-order valence-electron chi connectivity index (χ1n) is 6.58. The van der Waals surface area contributed by atoms with Gasteiger partial charge in [0.2, 0.25) is 0 Å². The zero-order valence-corrected chi connectivity index (χ0v) is 11.7. The van der Waals surface area contributed by atoms with Gasteiger partial charge >= 0.3 is 5.97 Å². The fourth-order valence-electron chi connectivity index (χ4n) is 2.66. The third-order valence-corrected chi connectivity index (χ3v) is 4.08. The number of nitrogens with one attached hydrogen (secondary N) is 1. The normalized spacial score (nSPS) is 23.1. The zero-order chi connectivity index (χ0) is 14.0. The van der Waals surface area contributed by atoms with E-state index in [1.54, 1.807) is 6.07 Å². The van der Waals surface area contributed by atoms with Crippen molar-refractivity contribution in [3.8, 4) is 0 Å². The van der Waals surface area contributed by atoms with E-state index in [2.05, 4.69) is 12.2 Å². The number of hydrogen-bond acceptors (Lipinski definition) is 3. The Labute approximate surface area is 117 Å². The molecule has 5 heteroatoms. The van der Waals surface area contributed by atoms with Gasteiger partial charge in [-0.2, -0.15) is 0 Å². The molecule has 4 N–H and O–H groups in total. The Balaban J connectivity index is 2.30. The van der Waals surface area contributed by atoms with Crippen molar-refractivity contribution in [2.24, 2.45) is 5.92 Å². The second-order valence-corrected chi connectivity index (χ2v) is 5.65. The Bertz CT molecular complexity index is 491. The van der Waals surface area contributed by atoms with Gasteiger partial charge in [0.05, 0.1) is 16.3 Å². The molecule has 0 radical (unpaired) electrons. The summed E-state index contributed by atoms with van der Waals surface area (Å²) in [5.74, 6) is -0.496. The molecule has 19 heavy (non-hydrogen) atoms. The highest BCUT2D eigenvalue weighted by Crippen LogP contribution is 2.33. The zero-order valence-electron chi connectivity index (χ0n) is 10.9. The van der Waals surface area contributed by atoms with E-state index < -0.39 is 5.97 Å². The molecule has 0 saturated heterocycles. The molecule has 104 valence electrons. The van der Waals surface area contributed by atoms with Gasteiger partial charge in [-0.3, -0.25) is 0 Å². The fourth-order valence-corrected chi connectivity index (χ4v) is 2.94. The SMILES string of the molecule is CC1CCCCC1Nc1c(Cl)cc(N)cc1C(=O)O. The van der Waals surface area contributed by atoms with E-state index in [4.69, 9.17) is 17.3 Å². The smallest absolute Gasteiger partial charge is 0.337 e. The van der Waals surface area contributed by atoms with Gasteiger partial charge in [-0.05, 0) is 30.9 Å². The molecule has 1 fully saturated rings. The lowest BCUT2D eigenvalue weighted by Crippen LogP contribution is -2.31. The van der Waals surface area contributed by atoms with Crippen molar-refractivity contribution in [3.63, 3.8) is 0 Å². The molecule has 4 nitrogen and oxygen atoms in total. The highest BCUT2D eigenvalue weighted by molar-refractivity contribution is 6.34. The van der Waals surface area contributed by atoms with Crippen LogP contribution in [0.1, 0.15) is 43.0 Å². The molecule has 1 aromatic carbocycles. The number of nitrogens with two attached hydrogens (primary N) is 1. The maximum atomic E-state index is 11.3. The van der Waals surface area contributed by atoms with Crippen LogP contribution in [0.4, 0.5) is 11.4 Å². The van der Waals surface area contributed by atoms with Crippen molar-refractivity contribution in [3.05, 3.63) is 22.7 Å². The summed E-state index contributed by atoms with van der Waals surface area (Å²) >= 11 is 6.14. The van der Waals surface area contributed by atoms with Crippen LogP contribution in [-0.2, 0) is 0 Å². The summed E-state index contributed by atoms with van der Waals surface area (Å²) < 4.78 is 0. The van der Waals surface area contributed by atoms with Crippen LogP contribution in [0.25, 0.3) is 0 Å². The van der Waals surface area contributed by atoms with Crippen molar-refractivity contribution in [2.45, 2.75) is 38.6 Å². The molecular weight excluding hydrogens is 264 g/mol. The maximum Gasteiger partial charge on any atom is 0.337 e. The first-order chi connectivity index (χ1) is 8.99. The molecule has 0 heterocycles.